The average molecular weight is 300 g/mol. The van der Waals surface area contributed by atoms with Crippen molar-refractivity contribution in [1.29, 1.82) is 0 Å². The lowest BCUT2D eigenvalue weighted by atomic mass is 9.97. The Kier molecular flexibility index (Phi) is 3.44. The minimum atomic E-state index is -1.25. The van der Waals surface area contributed by atoms with Crippen molar-refractivity contribution in [2.75, 3.05) is 14.2 Å². The second kappa shape index (κ2) is 5.29. The van der Waals surface area contributed by atoms with Crippen molar-refractivity contribution in [3.05, 3.63) is 42.1 Å². The van der Waals surface area contributed by atoms with Crippen molar-refractivity contribution in [2.45, 2.75) is 12.3 Å². The normalized spacial score (nSPS) is 18.5. The zero-order valence-corrected chi connectivity index (χ0v) is 12.3. The second-order valence-electron chi connectivity index (χ2n) is 5.28. The van der Waals surface area contributed by atoms with E-state index in [9.17, 15) is 9.59 Å². The summed E-state index contributed by atoms with van der Waals surface area (Å²) in [6.45, 7) is 0. The summed E-state index contributed by atoms with van der Waals surface area (Å²) >= 11 is 0. The number of hydrogen-bond acceptors (Lipinski definition) is 5. The molecule has 0 amide bonds. The van der Waals surface area contributed by atoms with Gasteiger partial charge in [-0.15, -0.1) is 0 Å². The van der Waals surface area contributed by atoms with Crippen molar-refractivity contribution < 1.29 is 19.1 Å². The number of aromatic amines is 1. The quantitative estimate of drug-likeness (QED) is 0.689. The van der Waals surface area contributed by atoms with Crippen LogP contribution in [0.2, 0.25) is 0 Å². The van der Waals surface area contributed by atoms with Gasteiger partial charge in [-0.05, 0) is 12.0 Å². The topological polar surface area (TPSA) is 81.3 Å². The zero-order chi connectivity index (χ0) is 15.7. The van der Waals surface area contributed by atoms with Gasteiger partial charge in [-0.3, -0.25) is 14.7 Å². The van der Waals surface area contributed by atoms with Crippen molar-refractivity contribution in [2.24, 2.45) is 5.41 Å². The smallest absolute Gasteiger partial charge is 0.323 e. The van der Waals surface area contributed by atoms with Crippen LogP contribution >= 0.6 is 0 Å². The van der Waals surface area contributed by atoms with Crippen LogP contribution in [0.1, 0.15) is 17.9 Å². The first-order valence-corrected chi connectivity index (χ1v) is 6.90. The van der Waals surface area contributed by atoms with E-state index in [0.717, 1.165) is 16.8 Å². The van der Waals surface area contributed by atoms with Crippen LogP contribution in [0.15, 0.2) is 36.5 Å². The Morgan fingerprint density at radius 3 is 2.41 bits per heavy atom. The van der Waals surface area contributed by atoms with Gasteiger partial charge in [-0.2, -0.15) is 5.10 Å². The molecule has 1 fully saturated rings. The van der Waals surface area contributed by atoms with E-state index in [0.29, 0.717) is 6.42 Å². The lowest BCUT2D eigenvalue weighted by Gasteiger charge is -2.12. The number of carbonyl (C=O) groups is 2. The maximum absolute atomic E-state index is 12.1. The average Bonchev–Trinajstić information content (AvgIpc) is 3.14. The van der Waals surface area contributed by atoms with Gasteiger partial charge in [0.05, 0.1) is 26.1 Å². The van der Waals surface area contributed by atoms with E-state index in [2.05, 4.69) is 10.2 Å². The molecule has 1 saturated carbocycles. The molecule has 0 saturated heterocycles. The fourth-order valence-electron chi connectivity index (χ4n) is 2.93. The van der Waals surface area contributed by atoms with Crippen LogP contribution in [0.25, 0.3) is 11.3 Å². The maximum Gasteiger partial charge on any atom is 0.323 e. The van der Waals surface area contributed by atoms with Crippen molar-refractivity contribution in [3.8, 4) is 11.3 Å². The van der Waals surface area contributed by atoms with Crippen LogP contribution in [0.3, 0.4) is 0 Å². The molecular formula is C16H16N2O4. The van der Waals surface area contributed by atoms with Crippen molar-refractivity contribution >= 4 is 11.9 Å². The van der Waals surface area contributed by atoms with Crippen LogP contribution in [0.5, 0.6) is 0 Å². The van der Waals surface area contributed by atoms with Crippen LogP contribution in [-0.2, 0) is 19.1 Å². The fraction of sp³-hybridized carbons (Fsp3) is 0.312. The number of ether oxygens (including phenoxy) is 2. The molecule has 0 bridgehead atoms. The molecule has 1 aliphatic carbocycles. The van der Waals surface area contributed by atoms with E-state index in [1.54, 1.807) is 6.20 Å². The summed E-state index contributed by atoms with van der Waals surface area (Å²) in [5, 5.41) is 7.01. The third-order valence-corrected chi connectivity index (χ3v) is 4.17. The number of H-pyrrole nitrogens is 1. The number of benzene rings is 1. The standard InChI is InChI=1S/C16H16N2O4/c1-21-14(19)16(15(20)22-2)8-12(16)11-9-17-18-13(11)10-6-4-3-5-7-10/h3-7,9,12H,8H2,1-2H3,(H,17,18). The molecule has 1 aliphatic rings. The summed E-state index contributed by atoms with van der Waals surface area (Å²) in [5.74, 6) is -1.42. The summed E-state index contributed by atoms with van der Waals surface area (Å²) in [6, 6.07) is 9.64. The van der Waals surface area contributed by atoms with Gasteiger partial charge in [0.2, 0.25) is 0 Å². The molecule has 22 heavy (non-hydrogen) atoms. The predicted molar refractivity (Wildman–Crippen MR) is 77.8 cm³/mol. The van der Waals surface area contributed by atoms with Crippen molar-refractivity contribution in [3.63, 3.8) is 0 Å². The Balaban J connectivity index is 1.99. The van der Waals surface area contributed by atoms with Gasteiger partial charge >= 0.3 is 11.9 Å². The number of esters is 2. The number of methoxy groups -OCH3 is 2. The first-order chi connectivity index (χ1) is 10.6. The summed E-state index contributed by atoms with van der Waals surface area (Å²) in [6.07, 6.45) is 2.02. The van der Waals surface area contributed by atoms with Gasteiger partial charge in [-0.1, -0.05) is 30.3 Å². The van der Waals surface area contributed by atoms with E-state index in [4.69, 9.17) is 9.47 Å². The fourth-order valence-corrected chi connectivity index (χ4v) is 2.93. The molecule has 1 atom stereocenters. The Bertz CT molecular complexity index is 692. The van der Waals surface area contributed by atoms with E-state index < -0.39 is 17.4 Å². The highest BCUT2D eigenvalue weighted by Crippen LogP contribution is 2.62. The maximum atomic E-state index is 12.1. The second-order valence-corrected chi connectivity index (χ2v) is 5.28. The highest BCUT2D eigenvalue weighted by Gasteiger charge is 2.69. The van der Waals surface area contributed by atoms with E-state index in [-0.39, 0.29) is 5.92 Å². The van der Waals surface area contributed by atoms with Crippen LogP contribution in [0, 0.1) is 5.41 Å². The first-order valence-electron chi connectivity index (χ1n) is 6.90. The number of nitrogens with one attached hydrogen (secondary N) is 1. The van der Waals surface area contributed by atoms with E-state index in [1.165, 1.54) is 14.2 Å². The number of carbonyl (C=O) groups excluding carboxylic acids is 2. The van der Waals surface area contributed by atoms with Gasteiger partial charge in [0.25, 0.3) is 0 Å². The largest absolute Gasteiger partial charge is 0.468 e. The number of hydrogen-bond donors (Lipinski definition) is 1. The van der Waals surface area contributed by atoms with Crippen LogP contribution < -0.4 is 0 Å². The molecule has 2 aromatic rings. The first kappa shape index (κ1) is 14.3. The van der Waals surface area contributed by atoms with Gasteiger partial charge in [0, 0.05) is 11.5 Å². The molecule has 0 spiro atoms. The molecular weight excluding hydrogens is 284 g/mol. The summed E-state index contributed by atoms with van der Waals surface area (Å²) < 4.78 is 9.61. The molecule has 6 heteroatoms. The molecule has 0 radical (unpaired) electrons. The summed E-state index contributed by atoms with van der Waals surface area (Å²) in [7, 11) is 2.55. The van der Waals surface area contributed by atoms with Crippen molar-refractivity contribution in [1.82, 2.24) is 10.2 Å². The molecule has 6 nitrogen and oxygen atoms in total. The van der Waals surface area contributed by atoms with Gasteiger partial charge in [0.1, 0.15) is 0 Å². The number of nitrogens with zero attached hydrogens (tertiary/aromatic N) is 1. The lowest BCUT2D eigenvalue weighted by molar-refractivity contribution is -0.161. The molecule has 1 heterocycles. The van der Waals surface area contributed by atoms with Gasteiger partial charge < -0.3 is 9.47 Å². The SMILES string of the molecule is COC(=O)C1(C(=O)OC)CC1c1cn[nH]c1-c1ccccc1. The monoisotopic (exact) mass is 300 g/mol. The van der Waals surface area contributed by atoms with E-state index in [1.807, 2.05) is 30.3 Å². The van der Waals surface area contributed by atoms with E-state index >= 15 is 0 Å². The predicted octanol–water partition coefficient (Wildman–Crippen LogP) is 1.90. The highest BCUT2D eigenvalue weighted by molar-refractivity contribution is 6.05. The molecule has 0 aliphatic heterocycles. The highest BCUT2D eigenvalue weighted by atomic mass is 16.5. The Hall–Kier alpha value is -2.63. The zero-order valence-electron chi connectivity index (χ0n) is 12.3. The molecule has 3 rings (SSSR count). The third-order valence-electron chi connectivity index (χ3n) is 4.17. The summed E-state index contributed by atoms with van der Waals surface area (Å²) in [5.41, 5.74) is 1.32. The number of rotatable bonds is 4. The Labute approximate surface area is 127 Å². The van der Waals surface area contributed by atoms with Gasteiger partial charge in [-0.25, -0.2) is 0 Å². The lowest BCUT2D eigenvalue weighted by Crippen LogP contribution is -2.30. The number of aromatic nitrogens is 2. The van der Waals surface area contributed by atoms with Gasteiger partial charge in [0.15, 0.2) is 5.41 Å². The third kappa shape index (κ3) is 1.99. The Morgan fingerprint density at radius 2 is 1.82 bits per heavy atom. The van der Waals surface area contributed by atoms with Crippen LogP contribution in [0.4, 0.5) is 0 Å². The molecule has 1 N–H and O–H groups in total. The molecule has 1 aromatic carbocycles. The molecule has 114 valence electrons. The van der Waals surface area contributed by atoms with Crippen LogP contribution in [-0.4, -0.2) is 36.4 Å². The minimum Gasteiger partial charge on any atom is -0.468 e. The summed E-state index contributed by atoms with van der Waals surface area (Å²) in [4.78, 5) is 24.2. The minimum absolute atomic E-state index is 0.290. The molecule has 1 aromatic heterocycles. The molecule has 1 unspecified atom stereocenters. The Morgan fingerprint density at radius 1 is 1.18 bits per heavy atom.